The Kier molecular flexibility index (Phi) is 4.73. The van der Waals surface area contributed by atoms with Gasteiger partial charge in [-0.2, -0.15) is 0 Å². The van der Waals surface area contributed by atoms with Crippen LogP contribution in [0.5, 0.6) is 0 Å². The van der Waals surface area contributed by atoms with Crippen molar-refractivity contribution >= 4 is 16.9 Å². The molecule has 0 unspecified atom stereocenters. The van der Waals surface area contributed by atoms with Crippen molar-refractivity contribution in [2.45, 2.75) is 0 Å². The highest BCUT2D eigenvalue weighted by molar-refractivity contribution is 5.80. The second-order valence-corrected chi connectivity index (χ2v) is 2.92. The number of hydrogen-bond acceptors (Lipinski definition) is 3. The van der Waals surface area contributed by atoms with Gasteiger partial charge in [0.15, 0.2) is 0 Å². The largest absolute Gasteiger partial charge is 0.466 e. The molecule has 1 heterocycles. The van der Waals surface area contributed by atoms with E-state index in [1.807, 2.05) is 30.5 Å². The number of para-hydroxylation sites is 1. The van der Waals surface area contributed by atoms with E-state index in [1.165, 1.54) is 12.5 Å². The molecule has 0 spiro atoms. The number of benzene rings is 1. The molecule has 3 heteroatoms. The molecular weight excluding hydrogens is 202 g/mol. The Balaban J connectivity index is 0.000000187. The van der Waals surface area contributed by atoms with Crippen LogP contribution in [0.3, 0.4) is 0 Å². The van der Waals surface area contributed by atoms with Crippen molar-refractivity contribution in [2.75, 3.05) is 7.11 Å². The van der Waals surface area contributed by atoms with Crippen molar-refractivity contribution < 1.29 is 9.53 Å². The number of hydrogen-bond donors (Lipinski definition) is 0. The minimum absolute atomic E-state index is 0.394. The normalized spacial score (nSPS) is 8.81. The highest BCUT2D eigenvalue weighted by Crippen LogP contribution is 2.07. The van der Waals surface area contributed by atoms with Crippen molar-refractivity contribution in [2.24, 2.45) is 0 Å². The van der Waals surface area contributed by atoms with Crippen LogP contribution >= 0.6 is 0 Å². The molecule has 0 N–H and O–H groups in total. The molecule has 0 amide bonds. The Morgan fingerprint density at radius 3 is 2.56 bits per heavy atom. The van der Waals surface area contributed by atoms with Gasteiger partial charge < -0.3 is 4.74 Å². The van der Waals surface area contributed by atoms with Crippen molar-refractivity contribution in [3.05, 3.63) is 55.3 Å². The SMILES string of the molecule is C=CC(=O)OC.c1ccc2ncccc2c1. The van der Waals surface area contributed by atoms with Gasteiger partial charge in [0, 0.05) is 17.7 Å². The minimum Gasteiger partial charge on any atom is -0.466 e. The number of ether oxygens (including phenoxy) is 1. The zero-order valence-corrected chi connectivity index (χ0v) is 9.09. The van der Waals surface area contributed by atoms with Gasteiger partial charge in [-0.1, -0.05) is 30.8 Å². The van der Waals surface area contributed by atoms with E-state index in [2.05, 4.69) is 28.4 Å². The van der Waals surface area contributed by atoms with Crippen molar-refractivity contribution in [3.63, 3.8) is 0 Å². The standard InChI is InChI=1S/C9H7N.C4H6O2/c1-2-6-9-8(4-1)5-3-7-10-9;1-3-4(5)6-2/h1-7H;3H,1H2,2H3. The Labute approximate surface area is 94.4 Å². The Morgan fingerprint density at radius 1 is 1.31 bits per heavy atom. The summed E-state index contributed by atoms with van der Waals surface area (Å²) in [6.45, 7) is 3.16. The van der Waals surface area contributed by atoms with Crippen LogP contribution in [0.15, 0.2) is 55.3 Å². The number of carbonyl (C=O) groups is 1. The highest BCUT2D eigenvalue weighted by atomic mass is 16.5. The summed E-state index contributed by atoms with van der Waals surface area (Å²) >= 11 is 0. The van der Waals surface area contributed by atoms with Gasteiger partial charge in [0.1, 0.15) is 0 Å². The molecule has 0 aliphatic carbocycles. The van der Waals surface area contributed by atoms with E-state index in [0.29, 0.717) is 0 Å². The predicted octanol–water partition coefficient (Wildman–Crippen LogP) is 2.58. The van der Waals surface area contributed by atoms with Crippen LogP contribution in [0.4, 0.5) is 0 Å². The van der Waals surface area contributed by atoms with Crippen molar-refractivity contribution in [1.82, 2.24) is 4.98 Å². The van der Waals surface area contributed by atoms with Gasteiger partial charge in [-0.05, 0) is 12.1 Å². The highest BCUT2D eigenvalue weighted by Gasteiger charge is 1.86. The molecule has 0 aliphatic heterocycles. The first-order chi connectivity index (χ1) is 7.77. The van der Waals surface area contributed by atoms with E-state index < -0.39 is 5.97 Å². The maximum absolute atomic E-state index is 9.84. The molecule has 2 aromatic rings. The molecule has 0 atom stereocenters. The Hall–Kier alpha value is -2.16. The molecule has 3 nitrogen and oxygen atoms in total. The van der Waals surface area contributed by atoms with E-state index >= 15 is 0 Å². The fraction of sp³-hybridized carbons (Fsp3) is 0.0769. The first kappa shape index (κ1) is 11.9. The van der Waals surface area contributed by atoms with Gasteiger partial charge in [0.05, 0.1) is 12.6 Å². The number of nitrogens with zero attached hydrogens (tertiary/aromatic N) is 1. The lowest BCUT2D eigenvalue weighted by atomic mass is 10.2. The third kappa shape index (κ3) is 3.53. The summed E-state index contributed by atoms with van der Waals surface area (Å²) in [6, 6.07) is 12.1. The number of fused-ring (bicyclic) bond motifs is 1. The van der Waals surface area contributed by atoms with Crippen LogP contribution in [0.2, 0.25) is 0 Å². The van der Waals surface area contributed by atoms with Crippen LogP contribution < -0.4 is 0 Å². The maximum atomic E-state index is 9.84. The Bertz CT molecular complexity index is 415. The molecule has 1 aromatic carbocycles. The fourth-order valence-electron chi connectivity index (χ4n) is 1.10. The summed E-state index contributed by atoms with van der Waals surface area (Å²) < 4.78 is 4.14. The van der Waals surface area contributed by atoms with Gasteiger partial charge in [0.2, 0.25) is 0 Å². The molecule has 0 saturated carbocycles. The number of pyridine rings is 1. The van der Waals surface area contributed by atoms with Gasteiger partial charge in [-0.15, -0.1) is 0 Å². The predicted molar refractivity (Wildman–Crippen MR) is 64.0 cm³/mol. The van der Waals surface area contributed by atoms with Crippen LogP contribution in [0.25, 0.3) is 10.9 Å². The molecule has 0 aliphatic rings. The number of carbonyl (C=O) groups excluding carboxylic acids is 1. The average Bonchev–Trinajstić information content (AvgIpc) is 2.38. The number of rotatable bonds is 1. The molecule has 0 saturated heterocycles. The number of aromatic nitrogens is 1. The lowest BCUT2D eigenvalue weighted by Gasteiger charge is -1.91. The topological polar surface area (TPSA) is 39.2 Å². The average molecular weight is 215 g/mol. The minimum atomic E-state index is -0.394. The molecule has 0 bridgehead atoms. The monoisotopic (exact) mass is 215 g/mol. The third-order valence-electron chi connectivity index (χ3n) is 1.88. The van der Waals surface area contributed by atoms with E-state index in [4.69, 9.17) is 0 Å². The number of methoxy groups -OCH3 is 1. The second-order valence-electron chi connectivity index (χ2n) is 2.92. The summed E-state index contributed by atoms with van der Waals surface area (Å²) in [6.07, 6.45) is 2.92. The van der Waals surface area contributed by atoms with Crippen LogP contribution in [0.1, 0.15) is 0 Å². The van der Waals surface area contributed by atoms with E-state index in [9.17, 15) is 4.79 Å². The quantitative estimate of drug-likeness (QED) is 0.542. The van der Waals surface area contributed by atoms with Gasteiger partial charge >= 0.3 is 5.97 Å². The van der Waals surface area contributed by atoms with E-state index in [-0.39, 0.29) is 0 Å². The van der Waals surface area contributed by atoms with Gasteiger partial charge in [-0.3, -0.25) is 4.98 Å². The zero-order chi connectivity index (χ0) is 11.8. The molecule has 82 valence electrons. The van der Waals surface area contributed by atoms with E-state index in [1.54, 1.807) is 0 Å². The Morgan fingerprint density at radius 2 is 2.00 bits per heavy atom. The summed E-state index contributed by atoms with van der Waals surface area (Å²) in [5.74, 6) is -0.394. The lowest BCUT2D eigenvalue weighted by molar-refractivity contribution is -0.134. The molecule has 16 heavy (non-hydrogen) atoms. The zero-order valence-electron chi connectivity index (χ0n) is 9.09. The van der Waals surface area contributed by atoms with Crippen molar-refractivity contribution in [1.29, 1.82) is 0 Å². The lowest BCUT2D eigenvalue weighted by Crippen LogP contribution is -1.91. The summed E-state index contributed by atoms with van der Waals surface area (Å²) in [4.78, 5) is 14.0. The number of esters is 1. The molecule has 1 aromatic heterocycles. The maximum Gasteiger partial charge on any atom is 0.329 e. The molecule has 0 radical (unpaired) electrons. The van der Waals surface area contributed by atoms with Gasteiger partial charge in [0.25, 0.3) is 0 Å². The first-order valence-electron chi connectivity index (χ1n) is 4.78. The van der Waals surface area contributed by atoms with Crippen LogP contribution in [-0.4, -0.2) is 18.1 Å². The fourth-order valence-corrected chi connectivity index (χ4v) is 1.10. The molecule has 0 fully saturated rings. The smallest absolute Gasteiger partial charge is 0.329 e. The second kappa shape index (κ2) is 6.35. The summed E-state index contributed by atoms with van der Waals surface area (Å²) in [5.41, 5.74) is 1.06. The van der Waals surface area contributed by atoms with Crippen LogP contribution in [0, 0.1) is 0 Å². The molecule has 2 rings (SSSR count). The molecular formula is C13H13NO2. The van der Waals surface area contributed by atoms with E-state index in [0.717, 1.165) is 11.6 Å². The van der Waals surface area contributed by atoms with Gasteiger partial charge in [-0.25, -0.2) is 4.79 Å². The van der Waals surface area contributed by atoms with Crippen molar-refractivity contribution in [3.8, 4) is 0 Å². The first-order valence-corrected chi connectivity index (χ1v) is 4.78. The third-order valence-corrected chi connectivity index (χ3v) is 1.88. The summed E-state index contributed by atoms with van der Waals surface area (Å²) in [5, 5.41) is 1.20. The van der Waals surface area contributed by atoms with Crippen LogP contribution in [-0.2, 0) is 9.53 Å². The summed E-state index contributed by atoms with van der Waals surface area (Å²) in [7, 11) is 1.31.